The summed E-state index contributed by atoms with van der Waals surface area (Å²) in [5.41, 5.74) is 0. The van der Waals surface area contributed by atoms with E-state index in [-0.39, 0.29) is 5.28 Å². The Kier molecular flexibility index (Phi) is 3.25. The van der Waals surface area contributed by atoms with E-state index in [4.69, 9.17) is 11.6 Å². The van der Waals surface area contributed by atoms with E-state index in [0.717, 1.165) is 0 Å². The maximum atomic E-state index is 5.88. The molecule has 0 aliphatic carbocycles. The van der Waals surface area contributed by atoms with Crippen LogP contribution in [0.3, 0.4) is 0 Å². The predicted molar refractivity (Wildman–Crippen MR) is 70.3 cm³/mol. The van der Waals surface area contributed by atoms with Gasteiger partial charge in [0.25, 0.3) is 0 Å². The van der Waals surface area contributed by atoms with Crippen LogP contribution in [0.5, 0.6) is 0 Å². The molecular formula is C10H10ClN9. The second kappa shape index (κ2) is 5.21. The highest BCUT2D eigenvalue weighted by Gasteiger charge is 2.07. The van der Waals surface area contributed by atoms with Gasteiger partial charge >= 0.3 is 0 Å². The van der Waals surface area contributed by atoms with E-state index in [9.17, 15) is 0 Å². The Labute approximate surface area is 118 Å². The average molecular weight is 292 g/mol. The molecule has 20 heavy (non-hydrogen) atoms. The lowest BCUT2D eigenvalue weighted by molar-refractivity contribution is 0.746. The summed E-state index contributed by atoms with van der Waals surface area (Å²) in [7, 11) is 1.80. The van der Waals surface area contributed by atoms with Gasteiger partial charge in [-0.2, -0.15) is 20.1 Å². The number of rotatable bonds is 4. The molecule has 0 bridgehead atoms. The Hall–Kier alpha value is -2.55. The molecule has 0 aliphatic heterocycles. The van der Waals surface area contributed by atoms with Crippen molar-refractivity contribution in [3.05, 3.63) is 36.2 Å². The highest BCUT2D eigenvalue weighted by Crippen LogP contribution is 2.09. The van der Waals surface area contributed by atoms with Gasteiger partial charge in [-0.3, -0.25) is 9.25 Å². The van der Waals surface area contributed by atoms with Gasteiger partial charge in [0, 0.05) is 19.4 Å². The van der Waals surface area contributed by atoms with Gasteiger partial charge in [-0.05, 0) is 11.6 Å². The van der Waals surface area contributed by atoms with Gasteiger partial charge < -0.3 is 5.32 Å². The fourth-order valence-corrected chi connectivity index (χ4v) is 1.69. The molecule has 3 rings (SSSR count). The maximum absolute atomic E-state index is 5.88. The molecule has 0 radical (unpaired) electrons. The number of hydrogen-bond acceptors (Lipinski definition) is 7. The first kappa shape index (κ1) is 12.5. The van der Waals surface area contributed by atoms with E-state index in [2.05, 4.69) is 35.3 Å². The lowest BCUT2D eigenvalue weighted by Crippen LogP contribution is -2.09. The number of hydrogen-bond donors (Lipinski definition) is 1. The predicted octanol–water partition coefficient (Wildman–Crippen LogP) is 0.451. The topological polar surface area (TPSA) is 99.2 Å². The Balaban J connectivity index is 1.79. The first-order valence-corrected chi connectivity index (χ1v) is 6.07. The molecule has 0 spiro atoms. The molecular weight excluding hydrogens is 282 g/mol. The second-order valence-corrected chi connectivity index (χ2v) is 4.22. The third kappa shape index (κ3) is 2.72. The second-order valence-electron chi connectivity index (χ2n) is 3.89. The summed E-state index contributed by atoms with van der Waals surface area (Å²) in [5.74, 6) is 1.37. The van der Waals surface area contributed by atoms with Crippen LogP contribution in [0.4, 0.5) is 5.95 Å². The molecule has 102 valence electrons. The van der Waals surface area contributed by atoms with Crippen LogP contribution in [-0.4, -0.2) is 39.3 Å². The van der Waals surface area contributed by atoms with Crippen LogP contribution in [0.2, 0.25) is 5.28 Å². The summed E-state index contributed by atoms with van der Waals surface area (Å²) >= 11 is 5.88. The number of nitrogens with one attached hydrogen (secondary N) is 1. The number of aryl methyl sites for hydroxylation is 1. The van der Waals surface area contributed by atoms with Crippen molar-refractivity contribution in [3.8, 4) is 5.95 Å². The van der Waals surface area contributed by atoms with E-state index in [0.29, 0.717) is 24.3 Å². The van der Waals surface area contributed by atoms with Crippen molar-refractivity contribution in [2.45, 2.75) is 6.54 Å². The van der Waals surface area contributed by atoms with Gasteiger partial charge in [-0.15, -0.1) is 0 Å². The number of nitrogens with zero attached hydrogens (tertiary/aromatic N) is 8. The van der Waals surface area contributed by atoms with Crippen molar-refractivity contribution in [1.29, 1.82) is 0 Å². The Morgan fingerprint density at radius 2 is 2.15 bits per heavy atom. The summed E-state index contributed by atoms with van der Waals surface area (Å²) in [4.78, 5) is 20.3. The maximum Gasteiger partial charge on any atom is 0.241 e. The molecule has 0 atom stereocenters. The SMILES string of the molecule is Cn1cnc(CNc2nc(Cl)nc(-n3ccnc3)n2)n1. The molecule has 0 saturated heterocycles. The molecule has 3 aromatic rings. The first-order valence-electron chi connectivity index (χ1n) is 5.69. The molecule has 3 heterocycles. The smallest absolute Gasteiger partial charge is 0.241 e. The molecule has 0 aliphatic rings. The normalized spacial score (nSPS) is 10.7. The first-order chi connectivity index (χ1) is 9.70. The minimum Gasteiger partial charge on any atom is -0.347 e. The molecule has 3 aromatic heterocycles. The third-order valence-electron chi connectivity index (χ3n) is 2.38. The Morgan fingerprint density at radius 1 is 1.25 bits per heavy atom. The molecule has 0 fully saturated rings. The van der Waals surface area contributed by atoms with Crippen molar-refractivity contribution < 1.29 is 0 Å². The van der Waals surface area contributed by atoms with Crippen molar-refractivity contribution in [2.24, 2.45) is 7.05 Å². The number of imidazole rings is 1. The minimum absolute atomic E-state index is 0.0974. The van der Waals surface area contributed by atoms with Crippen LogP contribution in [0.1, 0.15) is 5.82 Å². The quantitative estimate of drug-likeness (QED) is 0.745. The minimum atomic E-state index is 0.0974. The van der Waals surface area contributed by atoms with Gasteiger partial charge in [-0.1, -0.05) is 0 Å². The highest BCUT2D eigenvalue weighted by atomic mass is 35.5. The largest absolute Gasteiger partial charge is 0.347 e. The van der Waals surface area contributed by atoms with Gasteiger partial charge in [0.15, 0.2) is 5.82 Å². The summed E-state index contributed by atoms with van der Waals surface area (Å²) in [6.45, 7) is 0.393. The summed E-state index contributed by atoms with van der Waals surface area (Å²) in [6, 6.07) is 0. The number of halogens is 1. The zero-order valence-electron chi connectivity index (χ0n) is 10.5. The van der Waals surface area contributed by atoms with Crippen LogP contribution < -0.4 is 5.32 Å². The van der Waals surface area contributed by atoms with E-state index < -0.39 is 0 Å². The summed E-state index contributed by atoms with van der Waals surface area (Å²) < 4.78 is 3.26. The van der Waals surface area contributed by atoms with E-state index >= 15 is 0 Å². The fourth-order valence-electron chi connectivity index (χ4n) is 1.53. The molecule has 9 nitrogen and oxygen atoms in total. The zero-order valence-corrected chi connectivity index (χ0v) is 11.2. The standard InChI is InChI=1S/C10H10ClN9/c1-19-6-14-7(18-19)4-13-9-15-8(11)16-10(17-9)20-3-2-12-5-20/h2-3,5-6H,4H2,1H3,(H,13,15,16,17). The van der Waals surface area contributed by atoms with Crippen LogP contribution in [0.25, 0.3) is 5.95 Å². The van der Waals surface area contributed by atoms with Crippen LogP contribution in [-0.2, 0) is 13.6 Å². The summed E-state index contributed by atoms with van der Waals surface area (Å²) in [5, 5.41) is 7.24. The Morgan fingerprint density at radius 3 is 2.85 bits per heavy atom. The molecule has 0 amide bonds. The molecule has 10 heteroatoms. The average Bonchev–Trinajstić information content (AvgIpc) is 3.07. The van der Waals surface area contributed by atoms with Gasteiger partial charge in [0.2, 0.25) is 17.2 Å². The van der Waals surface area contributed by atoms with Crippen molar-refractivity contribution in [2.75, 3.05) is 5.32 Å². The van der Waals surface area contributed by atoms with Crippen molar-refractivity contribution in [1.82, 2.24) is 39.3 Å². The monoisotopic (exact) mass is 291 g/mol. The lowest BCUT2D eigenvalue weighted by atomic mass is 10.6. The summed E-state index contributed by atoms with van der Waals surface area (Å²) in [6.07, 6.45) is 6.54. The van der Waals surface area contributed by atoms with Gasteiger partial charge in [-0.25, -0.2) is 9.97 Å². The fraction of sp³-hybridized carbons (Fsp3) is 0.200. The van der Waals surface area contributed by atoms with Crippen LogP contribution in [0, 0.1) is 0 Å². The van der Waals surface area contributed by atoms with Gasteiger partial charge in [0.05, 0.1) is 6.54 Å². The molecule has 1 N–H and O–H groups in total. The Bertz CT molecular complexity index is 705. The van der Waals surface area contributed by atoms with Crippen molar-refractivity contribution in [3.63, 3.8) is 0 Å². The molecule has 0 saturated carbocycles. The van der Waals surface area contributed by atoms with E-state index in [1.54, 1.807) is 41.3 Å². The van der Waals surface area contributed by atoms with Crippen LogP contribution >= 0.6 is 11.6 Å². The molecule has 0 unspecified atom stereocenters. The highest BCUT2D eigenvalue weighted by molar-refractivity contribution is 6.28. The number of anilines is 1. The van der Waals surface area contributed by atoms with E-state index in [1.165, 1.54) is 0 Å². The number of aromatic nitrogens is 8. The molecule has 0 aromatic carbocycles. The van der Waals surface area contributed by atoms with Gasteiger partial charge in [0.1, 0.15) is 12.7 Å². The third-order valence-corrected chi connectivity index (χ3v) is 2.55. The van der Waals surface area contributed by atoms with Crippen molar-refractivity contribution >= 4 is 17.5 Å². The van der Waals surface area contributed by atoms with E-state index in [1.807, 2.05) is 0 Å². The zero-order chi connectivity index (χ0) is 13.9. The van der Waals surface area contributed by atoms with Crippen LogP contribution in [0.15, 0.2) is 25.0 Å². The lowest BCUT2D eigenvalue weighted by Gasteiger charge is -2.05.